The Morgan fingerprint density at radius 1 is 0.775 bits per heavy atom. The van der Waals surface area contributed by atoms with Gasteiger partial charge in [0.05, 0.1) is 11.4 Å². The maximum Gasteiger partial charge on any atom is 0.0957 e. The van der Waals surface area contributed by atoms with E-state index in [1.165, 1.54) is 39.0 Å². The molecule has 4 aromatic rings. The lowest BCUT2D eigenvalue weighted by molar-refractivity contribution is 0.524. The summed E-state index contributed by atoms with van der Waals surface area (Å²) in [5, 5.41) is 0. The van der Waals surface area contributed by atoms with Gasteiger partial charge in [-0.25, -0.2) is 0 Å². The van der Waals surface area contributed by atoms with E-state index in [4.69, 9.17) is 9.98 Å². The van der Waals surface area contributed by atoms with Crippen molar-refractivity contribution in [2.45, 2.75) is 32.6 Å². The minimum absolute atomic E-state index is 0.322. The van der Waals surface area contributed by atoms with Crippen molar-refractivity contribution in [3.63, 3.8) is 0 Å². The Morgan fingerprint density at radius 2 is 1.43 bits per heavy atom. The van der Waals surface area contributed by atoms with Gasteiger partial charge in [-0.05, 0) is 77.5 Å². The van der Waals surface area contributed by atoms with Crippen LogP contribution in [0.1, 0.15) is 54.9 Å². The van der Waals surface area contributed by atoms with E-state index in [1.54, 1.807) is 0 Å². The minimum Gasteiger partial charge on any atom is -0.259 e. The first-order valence-corrected chi connectivity index (χ1v) is 14.1. The molecule has 0 bridgehead atoms. The van der Waals surface area contributed by atoms with Crippen LogP contribution in [0, 0.1) is 5.92 Å². The van der Waals surface area contributed by atoms with Crippen molar-refractivity contribution in [1.29, 1.82) is 0 Å². The smallest absolute Gasteiger partial charge is 0.0957 e. The molecule has 1 unspecified atom stereocenters. The Hall–Kier alpha value is -4.56. The summed E-state index contributed by atoms with van der Waals surface area (Å²) >= 11 is 0. The zero-order valence-corrected chi connectivity index (χ0v) is 23.2. The van der Waals surface area contributed by atoms with E-state index in [1.807, 2.05) is 19.2 Å². The fourth-order valence-corrected chi connectivity index (χ4v) is 6.12. The molecule has 2 nitrogen and oxygen atoms in total. The molecule has 1 heterocycles. The summed E-state index contributed by atoms with van der Waals surface area (Å²) in [6.07, 6.45) is 10.6. The second-order valence-corrected chi connectivity index (χ2v) is 10.7. The molecule has 0 saturated heterocycles. The van der Waals surface area contributed by atoms with Gasteiger partial charge < -0.3 is 0 Å². The van der Waals surface area contributed by atoms with Crippen molar-refractivity contribution in [1.82, 2.24) is 0 Å². The van der Waals surface area contributed by atoms with E-state index in [9.17, 15) is 0 Å². The van der Waals surface area contributed by atoms with Gasteiger partial charge in [-0.3, -0.25) is 9.98 Å². The van der Waals surface area contributed by atoms with E-state index in [2.05, 4.69) is 123 Å². The molecule has 0 N–H and O–H groups in total. The van der Waals surface area contributed by atoms with Crippen molar-refractivity contribution in [2.75, 3.05) is 0 Å². The van der Waals surface area contributed by atoms with Crippen LogP contribution in [0.5, 0.6) is 0 Å². The van der Waals surface area contributed by atoms with E-state index >= 15 is 0 Å². The van der Waals surface area contributed by atoms with Crippen LogP contribution in [0.15, 0.2) is 126 Å². The molecule has 0 radical (unpaired) electrons. The van der Waals surface area contributed by atoms with Crippen LogP contribution in [0.3, 0.4) is 0 Å². The third-order valence-electron chi connectivity index (χ3n) is 8.07. The number of benzene rings is 4. The number of fused-ring (bicyclic) bond motifs is 1. The Labute approximate surface area is 237 Å². The number of nitrogens with zero attached hydrogens (tertiary/aromatic N) is 2. The van der Waals surface area contributed by atoms with Crippen LogP contribution in [0.25, 0.3) is 28.3 Å². The molecule has 40 heavy (non-hydrogen) atoms. The fourth-order valence-electron chi connectivity index (χ4n) is 6.12. The second-order valence-electron chi connectivity index (χ2n) is 10.7. The van der Waals surface area contributed by atoms with Crippen LogP contribution in [0.2, 0.25) is 0 Å². The van der Waals surface area contributed by atoms with Gasteiger partial charge in [-0.1, -0.05) is 122 Å². The topological polar surface area (TPSA) is 24.7 Å². The summed E-state index contributed by atoms with van der Waals surface area (Å²) in [6.45, 7) is 8.13. The predicted molar refractivity (Wildman–Crippen MR) is 173 cm³/mol. The number of aliphatic imine (C=N–C) groups is 2. The van der Waals surface area contributed by atoms with E-state index in [0.717, 1.165) is 35.5 Å². The summed E-state index contributed by atoms with van der Waals surface area (Å²) in [7, 11) is 0. The Balaban J connectivity index is 1.44. The minimum atomic E-state index is 0.322. The highest BCUT2D eigenvalue weighted by Crippen LogP contribution is 2.49. The lowest BCUT2D eigenvalue weighted by Crippen LogP contribution is -2.20. The molecular formula is C38H34N2. The number of rotatable bonds is 6. The van der Waals surface area contributed by atoms with Crippen LogP contribution >= 0.6 is 0 Å². The van der Waals surface area contributed by atoms with E-state index < -0.39 is 0 Å². The molecule has 0 spiro atoms. The summed E-state index contributed by atoms with van der Waals surface area (Å²) < 4.78 is 0. The molecule has 2 heteroatoms. The molecule has 1 aliphatic heterocycles. The number of hydrogen-bond donors (Lipinski definition) is 0. The lowest BCUT2D eigenvalue weighted by Gasteiger charge is -2.33. The normalized spacial score (nSPS) is 18.5. The number of hydrogen-bond acceptors (Lipinski definition) is 2. The zero-order chi connectivity index (χ0) is 27.5. The van der Waals surface area contributed by atoms with Gasteiger partial charge in [0.25, 0.3) is 0 Å². The fraction of sp³-hybridized carbons (Fsp3) is 0.158. The first kappa shape index (κ1) is 25.7. The highest BCUT2D eigenvalue weighted by molar-refractivity contribution is 5.93. The molecule has 0 aromatic heterocycles. The third-order valence-corrected chi connectivity index (χ3v) is 8.07. The first-order valence-electron chi connectivity index (χ1n) is 14.1. The molecule has 0 saturated carbocycles. The van der Waals surface area contributed by atoms with Gasteiger partial charge in [0, 0.05) is 17.5 Å². The SMILES string of the molecule is C=Cc1ccc2c(c1/N=C/C)N=C(C)CC2[C@@H]1C=C(c2ccc(-c3ccccc3)cc2)C=C(c2ccccc2)C1. The van der Waals surface area contributed by atoms with Crippen molar-refractivity contribution >= 4 is 40.5 Å². The maximum atomic E-state index is 5.03. The van der Waals surface area contributed by atoms with E-state index in [0.29, 0.717) is 11.8 Å². The maximum absolute atomic E-state index is 5.03. The molecule has 0 amide bonds. The van der Waals surface area contributed by atoms with Crippen LogP contribution in [0.4, 0.5) is 11.4 Å². The largest absolute Gasteiger partial charge is 0.259 e. The van der Waals surface area contributed by atoms with Crippen molar-refractivity contribution in [2.24, 2.45) is 15.9 Å². The van der Waals surface area contributed by atoms with Gasteiger partial charge >= 0.3 is 0 Å². The molecule has 2 aliphatic rings. The van der Waals surface area contributed by atoms with Crippen molar-refractivity contribution in [3.05, 3.63) is 138 Å². The van der Waals surface area contributed by atoms with Crippen molar-refractivity contribution in [3.8, 4) is 11.1 Å². The average Bonchev–Trinajstić information content (AvgIpc) is 3.02. The molecule has 4 aromatic carbocycles. The zero-order valence-electron chi connectivity index (χ0n) is 23.2. The number of allylic oxidation sites excluding steroid dienone is 4. The first-order chi connectivity index (χ1) is 19.6. The average molecular weight is 519 g/mol. The standard InChI is InChI=1S/C38H34N2/c1-4-27-20-21-35-36(22-26(3)40-38(35)37(27)39-5-2)34-24-32(29-14-10-7-11-15-29)23-33(25-34)31-18-16-30(17-19-31)28-12-8-6-9-13-28/h4-21,23,25,34,36H,1,22,24H2,2-3H3/b39-5+/t34-,36?/m0/s1. The van der Waals surface area contributed by atoms with Gasteiger partial charge in [-0.15, -0.1) is 0 Å². The van der Waals surface area contributed by atoms with Gasteiger partial charge in [0.15, 0.2) is 0 Å². The van der Waals surface area contributed by atoms with Gasteiger partial charge in [0.2, 0.25) is 0 Å². The summed E-state index contributed by atoms with van der Waals surface area (Å²) in [6, 6.07) is 34.8. The molecular weight excluding hydrogens is 484 g/mol. The Bertz CT molecular complexity index is 1650. The molecule has 1 aliphatic carbocycles. The molecule has 6 rings (SSSR count). The lowest BCUT2D eigenvalue weighted by atomic mass is 9.72. The van der Waals surface area contributed by atoms with Gasteiger partial charge in [-0.2, -0.15) is 0 Å². The highest BCUT2D eigenvalue weighted by Gasteiger charge is 2.32. The third kappa shape index (κ3) is 5.05. The summed E-state index contributed by atoms with van der Waals surface area (Å²) in [5.74, 6) is 0.657. The van der Waals surface area contributed by atoms with Gasteiger partial charge in [0.1, 0.15) is 0 Å². The predicted octanol–water partition coefficient (Wildman–Crippen LogP) is 10.5. The summed E-state index contributed by atoms with van der Waals surface area (Å²) in [5.41, 5.74) is 13.1. The summed E-state index contributed by atoms with van der Waals surface area (Å²) in [4.78, 5) is 9.76. The highest BCUT2D eigenvalue weighted by atomic mass is 14.8. The van der Waals surface area contributed by atoms with Crippen LogP contribution in [-0.2, 0) is 0 Å². The van der Waals surface area contributed by atoms with Crippen LogP contribution < -0.4 is 0 Å². The molecule has 0 fully saturated rings. The van der Waals surface area contributed by atoms with Crippen LogP contribution in [-0.4, -0.2) is 11.9 Å². The molecule has 196 valence electrons. The van der Waals surface area contributed by atoms with E-state index in [-0.39, 0.29) is 0 Å². The molecule has 2 atom stereocenters. The quantitative estimate of drug-likeness (QED) is 0.227. The Kier molecular flexibility index (Phi) is 7.25. The monoisotopic (exact) mass is 518 g/mol. The second kappa shape index (κ2) is 11.3. The van der Waals surface area contributed by atoms with Crippen molar-refractivity contribution < 1.29 is 0 Å². The Morgan fingerprint density at radius 3 is 2.10 bits per heavy atom.